The van der Waals surface area contributed by atoms with E-state index in [4.69, 9.17) is 0 Å². The summed E-state index contributed by atoms with van der Waals surface area (Å²) < 4.78 is 0. The van der Waals surface area contributed by atoms with E-state index < -0.39 is 0 Å². The summed E-state index contributed by atoms with van der Waals surface area (Å²) in [6.45, 7) is 5.55. The normalized spacial score (nSPS) is 16.6. The largest absolute Gasteiger partial charge is 0.395 e. The molecule has 0 radical (unpaired) electrons. The Balaban J connectivity index is 1.94. The highest BCUT2D eigenvalue weighted by Gasteiger charge is 2.16. The Morgan fingerprint density at radius 2 is 2.15 bits per heavy atom. The maximum absolute atomic E-state index is 9.45. The molecule has 1 aromatic rings. The zero-order valence-electron chi connectivity index (χ0n) is 12.6. The second-order valence-electron chi connectivity index (χ2n) is 5.70. The first-order chi connectivity index (χ1) is 9.85. The highest BCUT2D eigenvalue weighted by molar-refractivity contribution is 5.54. The minimum atomic E-state index is 0.227. The lowest BCUT2D eigenvalue weighted by molar-refractivity contribution is 0.237. The van der Waals surface area contributed by atoms with Gasteiger partial charge in [0.1, 0.15) is 0 Å². The quantitative estimate of drug-likeness (QED) is 0.803. The van der Waals surface area contributed by atoms with Crippen LogP contribution in [0.2, 0.25) is 0 Å². The molecule has 0 amide bonds. The first-order valence-corrected chi connectivity index (χ1v) is 8.02. The molecule has 1 unspecified atom stereocenters. The minimum absolute atomic E-state index is 0.227. The topological polar surface area (TPSA) is 35.5 Å². The SMILES string of the molecule is CCCNC(CO)CCN1CCCCc2ccccc21. The molecule has 0 aromatic heterocycles. The van der Waals surface area contributed by atoms with Crippen LogP contribution in [-0.2, 0) is 6.42 Å². The number of nitrogens with zero attached hydrogens (tertiary/aromatic N) is 1. The van der Waals surface area contributed by atoms with E-state index in [0.717, 1.165) is 32.5 Å². The van der Waals surface area contributed by atoms with Gasteiger partial charge < -0.3 is 15.3 Å². The van der Waals surface area contributed by atoms with Gasteiger partial charge in [-0.05, 0) is 50.3 Å². The fourth-order valence-corrected chi connectivity index (χ4v) is 2.92. The first-order valence-electron chi connectivity index (χ1n) is 8.02. The van der Waals surface area contributed by atoms with Gasteiger partial charge in [-0.1, -0.05) is 25.1 Å². The summed E-state index contributed by atoms with van der Waals surface area (Å²) in [5.41, 5.74) is 2.88. The maximum Gasteiger partial charge on any atom is 0.0585 e. The number of anilines is 1. The van der Waals surface area contributed by atoms with Gasteiger partial charge in [0.05, 0.1) is 6.61 Å². The van der Waals surface area contributed by atoms with Gasteiger partial charge in [0.2, 0.25) is 0 Å². The van der Waals surface area contributed by atoms with E-state index in [1.165, 1.54) is 30.5 Å². The fourth-order valence-electron chi connectivity index (χ4n) is 2.92. The second-order valence-corrected chi connectivity index (χ2v) is 5.70. The van der Waals surface area contributed by atoms with Crippen molar-refractivity contribution in [3.05, 3.63) is 29.8 Å². The summed E-state index contributed by atoms with van der Waals surface area (Å²) in [6.07, 6.45) is 5.87. The van der Waals surface area contributed by atoms with Crippen LogP contribution >= 0.6 is 0 Å². The second kappa shape index (κ2) is 8.28. The number of fused-ring (bicyclic) bond motifs is 1. The van der Waals surface area contributed by atoms with Gasteiger partial charge in [-0.25, -0.2) is 0 Å². The maximum atomic E-state index is 9.45. The van der Waals surface area contributed by atoms with Crippen molar-refractivity contribution in [3.63, 3.8) is 0 Å². The molecule has 20 heavy (non-hydrogen) atoms. The van der Waals surface area contributed by atoms with Crippen LogP contribution < -0.4 is 10.2 Å². The molecule has 0 aliphatic carbocycles. The Morgan fingerprint density at radius 1 is 1.30 bits per heavy atom. The lowest BCUT2D eigenvalue weighted by Crippen LogP contribution is -2.37. The standard InChI is InChI=1S/C17H28N2O/c1-2-11-18-16(14-20)10-13-19-12-6-5-8-15-7-3-4-9-17(15)19/h3-4,7,9,16,18,20H,2,5-6,8,10-14H2,1H3. The molecule has 112 valence electrons. The summed E-state index contributed by atoms with van der Waals surface area (Å²) in [5.74, 6) is 0. The lowest BCUT2D eigenvalue weighted by atomic mass is 10.1. The van der Waals surface area contributed by atoms with E-state index in [1.54, 1.807) is 0 Å². The third-order valence-corrected chi connectivity index (χ3v) is 4.11. The molecule has 0 saturated carbocycles. The van der Waals surface area contributed by atoms with E-state index in [9.17, 15) is 5.11 Å². The van der Waals surface area contributed by atoms with E-state index in [1.807, 2.05) is 0 Å². The van der Waals surface area contributed by atoms with Gasteiger partial charge >= 0.3 is 0 Å². The molecule has 0 saturated heterocycles. The van der Waals surface area contributed by atoms with Crippen LogP contribution in [0.15, 0.2) is 24.3 Å². The average molecular weight is 276 g/mol. The molecule has 0 bridgehead atoms. The van der Waals surface area contributed by atoms with Crippen LogP contribution in [0.3, 0.4) is 0 Å². The number of aryl methyl sites for hydroxylation is 1. The Hall–Kier alpha value is -1.06. The van der Waals surface area contributed by atoms with E-state index >= 15 is 0 Å². The highest BCUT2D eigenvalue weighted by atomic mass is 16.3. The van der Waals surface area contributed by atoms with Crippen molar-refractivity contribution in [2.24, 2.45) is 0 Å². The predicted octanol–water partition coefficient (Wildman–Crippen LogP) is 2.58. The van der Waals surface area contributed by atoms with E-state index in [2.05, 4.69) is 41.4 Å². The molecule has 0 fully saturated rings. The minimum Gasteiger partial charge on any atom is -0.395 e. The molecule has 3 heteroatoms. The van der Waals surface area contributed by atoms with Crippen molar-refractivity contribution in [1.29, 1.82) is 0 Å². The molecule has 1 aliphatic rings. The lowest BCUT2D eigenvalue weighted by Gasteiger charge is -2.27. The molecule has 1 atom stereocenters. The molecule has 1 aliphatic heterocycles. The summed E-state index contributed by atoms with van der Waals surface area (Å²) in [6, 6.07) is 9.00. The summed E-state index contributed by atoms with van der Waals surface area (Å²) in [5, 5.41) is 12.9. The number of benzene rings is 1. The fraction of sp³-hybridized carbons (Fsp3) is 0.647. The van der Waals surface area contributed by atoms with Crippen LogP contribution in [0.1, 0.15) is 38.2 Å². The third-order valence-electron chi connectivity index (χ3n) is 4.11. The third kappa shape index (κ3) is 4.22. The van der Waals surface area contributed by atoms with Crippen molar-refractivity contribution in [2.45, 2.75) is 45.1 Å². The number of aliphatic hydroxyl groups excluding tert-OH is 1. The monoisotopic (exact) mass is 276 g/mol. The van der Waals surface area contributed by atoms with Gasteiger partial charge in [-0.2, -0.15) is 0 Å². The molecule has 2 N–H and O–H groups in total. The Labute approximate surface area is 123 Å². The Bertz CT molecular complexity index is 394. The summed E-state index contributed by atoms with van der Waals surface area (Å²) >= 11 is 0. The van der Waals surface area contributed by atoms with Crippen molar-refractivity contribution in [1.82, 2.24) is 5.32 Å². The molecular weight excluding hydrogens is 248 g/mol. The predicted molar refractivity (Wildman–Crippen MR) is 85.4 cm³/mol. The van der Waals surface area contributed by atoms with Gasteiger partial charge in [0, 0.05) is 24.8 Å². The van der Waals surface area contributed by atoms with E-state index in [0.29, 0.717) is 0 Å². The Kier molecular flexibility index (Phi) is 6.34. The number of rotatable bonds is 7. The number of aliphatic hydroxyl groups is 1. The van der Waals surface area contributed by atoms with E-state index in [-0.39, 0.29) is 12.6 Å². The van der Waals surface area contributed by atoms with Crippen LogP contribution in [0.5, 0.6) is 0 Å². The molecule has 2 rings (SSSR count). The Morgan fingerprint density at radius 3 is 2.95 bits per heavy atom. The zero-order chi connectivity index (χ0) is 14.2. The number of hydrogen-bond acceptors (Lipinski definition) is 3. The van der Waals surface area contributed by atoms with Crippen molar-refractivity contribution in [2.75, 3.05) is 31.1 Å². The zero-order valence-corrected chi connectivity index (χ0v) is 12.6. The molecule has 3 nitrogen and oxygen atoms in total. The number of para-hydroxylation sites is 1. The van der Waals surface area contributed by atoms with Gasteiger partial charge in [0.25, 0.3) is 0 Å². The van der Waals surface area contributed by atoms with Crippen LogP contribution in [0.25, 0.3) is 0 Å². The van der Waals surface area contributed by atoms with Crippen molar-refractivity contribution < 1.29 is 5.11 Å². The summed E-state index contributed by atoms with van der Waals surface area (Å²) in [7, 11) is 0. The first kappa shape index (κ1) is 15.3. The van der Waals surface area contributed by atoms with Crippen LogP contribution in [-0.4, -0.2) is 37.4 Å². The molecule has 1 aromatic carbocycles. The van der Waals surface area contributed by atoms with Crippen molar-refractivity contribution in [3.8, 4) is 0 Å². The number of hydrogen-bond donors (Lipinski definition) is 2. The van der Waals surface area contributed by atoms with Crippen LogP contribution in [0, 0.1) is 0 Å². The van der Waals surface area contributed by atoms with Gasteiger partial charge in [-0.3, -0.25) is 0 Å². The van der Waals surface area contributed by atoms with Crippen LogP contribution in [0.4, 0.5) is 5.69 Å². The summed E-state index contributed by atoms with van der Waals surface area (Å²) in [4.78, 5) is 2.50. The van der Waals surface area contributed by atoms with Gasteiger partial charge in [0.15, 0.2) is 0 Å². The van der Waals surface area contributed by atoms with Gasteiger partial charge in [-0.15, -0.1) is 0 Å². The highest BCUT2D eigenvalue weighted by Crippen LogP contribution is 2.26. The molecular formula is C17H28N2O. The molecule has 0 spiro atoms. The average Bonchev–Trinajstić information content (AvgIpc) is 2.70. The smallest absolute Gasteiger partial charge is 0.0585 e. The molecule has 1 heterocycles. The number of nitrogens with one attached hydrogen (secondary N) is 1. The van der Waals surface area contributed by atoms with Crippen molar-refractivity contribution >= 4 is 5.69 Å².